The molecule has 0 aliphatic rings. The van der Waals surface area contributed by atoms with Gasteiger partial charge in [-0.3, -0.25) is 9.97 Å². The van der Waals surface area contributed by atoms with Crippen LogP contribution in [0.15, 0.2) is 24.7 Å². The third kappa shape index (κ3) is 0.516. The SMILES string of the molecule is [2H]c1nc([2H])c([2H])nc1[2H]. The van der Waals surface area contributed by atoms with Crippen molar-refractivity contribution in [1.82, 2.24) is 9.97 Å². The number of hydrogen-bond acceptors (Lipinski definition) is 2. The second kappa shape index (κ2) is 1.50. The van der Waals surface area contributed by atoms with Crippen LogP contribution >= 0.6 is 0 Å². The lowest BCUT2D eigenvalue weighted by atomic mass is 10.8. The Labute approximate surface area is 41.5 Å². The lowest BCUT2D eigenvalue weighted by Crippen LogP contribution is -1.66. The van der Waals surface area contributed by atoms with Gasteiger partial charge < -0.3 is 0 Å². The normalized spacial score (nSPS) is 17.3. The third-order valence-electron chi connectivity index (χ3n) is 0.324. The van der Waals surface area contributed by atoms with Crippen molar-refractivity contribution < 1.29 is 5.48 Å². The fraction of sp³-hybridized carbons (Fsp3) is 0. The molecule has 0 radical (unpaired) electrons. The molecule has 0 bridgehead atoms. The molecule has 6 heavy (non-hydrogen) atoms. The Morgan fingerprint density at radius 1 is 1.00 bits per heavy atom. The van der Waals surface area contributed by atoms with Crippen LogP contribution in [0.4, 0.5) is 0 Å². The van der Waals surface area contributed by atoms with Gasteiger partial charge in [-0.1, -0.05) is 0 Å². The van der Waals surface area contributed by atoms with E-state index in [1.165, 1.54) is 0 Å². The minimum Gasteiger partial charge on any atom is -0.262 e. The Kier molecular flexibility index (Phi) is 0.256. The van der Waals surface area contributed by atoms with Crippen molar-refractivity contribution in [3.63, 3.8) is 0 Å². The summed E-state index contributed by atoms with van der Waals surface area (Å²) in [7, 11) is 0. The molecule has 0 N–H and O–H groups in total. The zero-order chi connectivity index (χ0) is 7.72. The number of hydrogen-bond donors (Lipinski definition) is 0. The van der Waals surface area contributed by atoms with Crippen LogP contribution in [0, 0.1) is 0 Å². The van der Waals surface area contributed by atoms with E-state index in [0.717, 1.165) is 0 Å². The molecule has 0 fully saturated rings. The van der Waals surface area contributed by atoms with Crippen LogP contribution in [0.2, 0.25) is 0 Å². The number of aromatic nitrogens is 2. The first kappa shape index (κ1) is 1.03. The average Bonchev–Trinajstić information content (AvgIpc) is 1.84. The van der Waals surface area contributed by atoms with Crippen LogP contribution in [0.5, 0.6) is 0 Å². The van der Waals surface area contributed by atoms with Crippen molar-refractivity contribution in [3.8, 4) is 0 Å². The lowest BCUT2D eigenvalue weighted by molar-refractivity contribution is 1.20. The molecular formula is C4H4N2. The van der Waals surface area contributed by atoms with E-state index < -0.39 is 0 Å². The topological polar surface area (TPSA) is 25.8 Å². The molecule has 0 saturated heterocycles. The molecule has 0 spiro atoms. The van der Waals surface area contributed by atoms with E-state index in [9.17, 15) is 0 Å². The minimum atomic E-state index is -0.360. The molecule has 2 heteroatoms. The van der Waals surface area contributed by atoms with Crippen LogP contribution in [0.1, 0.15) is 5.48 Å². The molecule has 1 rings (SSSR count). The van der Waals surface area contributed by atoms with Crippen molar-refractivity contribution in [3.05, 3.63) is 24.7 Å². The van der Waals surface area contributed by atoms with Gasteiger partial charge in [0.2, 0.25) is 0 Å². The van der Waals surface area contributed by atoms with Crippen LogP contribution in [0.3, 0.4) is 0 Å². The summed E-state index contributed by atoms with van der Waals surface area (Å²) in [6.07, 6.45) is -1.44. The van der Waals surface area contributed by atoms with Gasteiger partial charge in [0.05, 0.1) is 5.48 Å². The van der Waals surface area contributed by atoms with E-state index in [1.807, 2.05) is 0 Å². The fourth-order valence-electron chi connectivity index (χ4n) is 0.156. The van der Waals surface area contributed by atoms with Gasteiger partial charge in [0.1, 0.15) is 0 Å². The third-order valence-corrected chi connectivity index (χ3v) is 0.324. The van der Waals surface area contributed by atoms with Crippen LogP contribution < -0.4 is 0 Å². The minimum absolute atomic E-state index is 0.360. The summed E-state index contributed by atoms with van der Waals surface area (Å²) in [4.78, 5) is 6.54. The highest BCUT2D eigenvalue weighted by molar-refractivity contribution is 4.70. The first-order valence-electron chi connectivity index (χ1n) is 3.39. The molecule has 1 aromatic heterocycles. The highest BCUT2D eigenvalue weighted by Gasteiger charge is 1.59. The fourth-order valence-corrected chi connectivity index (χ4v) is 0.156. The van der Waals surface area contributed by atoms with Crippen LogP contribution in [-0.2, 0) is 0 Å². The van der Waals surface area contributed by atoms with Gasteiger partial charge in [-0.2, -0.15) is 0 Å². The molecule has 0 aliphatic heterocycles. The molecule has 0 amide bonds. The van der Waals surface area contributed by atoms with E-state index in [1.54, 1.807) is 0 Å². The quantitative estimate of drug-likeness (QED) is 0.457. The highest BCUT2D eigenvalue weighted by Crippen LogP contribution is 1.65. The van der Waals surface area contributed by atoms with Gasteiger partial charge in [-0.05, 0) is 0 Å². The van der Waals surface area contributed by atoms with E-state index in [4.69, 9.17) is 5.48 Å². The van der Waals surface area contributed by atoms with Crippen LogP contribution in [0.25, 0.3) is 0 Å². The standard InChI is InChI=1S/C4H4N2/c1-2-6-4-3-5-1/h1-4H/i1D,2D,3D,4D. The summed E-state index contributed by atoms with van der Waals surface area (Å²) in [5.74, 6) is 0. The lowest BCUT2D eigenvalue weighted by Gasteiger charge is -1.70. The maximum absolute atomic E-state index is 6.89. The Hall–Kier alpha value is -0.920. The van der Waals surface area contributed by atoms with E-state index in [0.29, 0.717) is 0 Å². The van der Waals surface area contributed by atoms with Crippen LogP contribution in [-0.4, -0.2) is 9.97 Å². The zero-order valence-electron chi connectivity index (χ0n) is 6.89. The largest absolute Gasteiger partial charge is 0.262 e. The van der Waals surface area contributed by atoms with E-state index >= 15 is 0 Å². The van der Waals surface area contributed by atoms with E-state index in [2.05, 4.69) is 9.97 Å². The van der Waals surface area contributed by atoms with Crippen molar-refractivity contribution >= 4 is 0 Å². The Balaban J connectivity index is 3.28. The first-order valence-corrected chi connectivity index (χ1v) is 1.39. The molecule has 0 aliphatic carbocycles. The summed E-state index contributed by atoms with van der Waals surface area (Å²) in [5.41, 5.74) is 0. The predicted molar refractivity (Wildman–Crippen MR) is 22.0 cm³/mol. The molecule has 30 valence electrons. The Morgan fingerprint density at radius 3 is 1.67 bits per heavy atom. The summed E-state index contributed by atoms with van der Waals surface area (Å²) in [6, 6.07) is 0. The molecule has 0 aromatic carbocycles. The highest BCUT2D eigenvalue weighted by atomic mass is 14.7. The Bertz CT molecular complexity index is 211. The predicted octanol–water partition coefficient (Wildman–Crippen LogP) is 0.477. The summed E-state index contributed by atoms with van der Waals surface area (Å²) >= 11 is 0. The average molecular weight is 84.1 g/mol. The summed E-state index contributed by atoms with van der Waals surface area (Å²) in [5, 5.41) is 0. The Morgan fingerprint density at radius 2 is 1.33 bits per heavy atom. The smallest absolute Gasteiger partial charge is 0.0857 e. The van der Waals surface area contributed by atoms with E-state index in [-0.39, 0.29) is 24.7 Å². The number of rotatable bonds is 0. The summed E-state index contributed by atoms with van der Waals surface area (Å²) in [6.45, 7) is 0. The molecule has 2 nitrogen and oxygen atoms in total. The second-order valence-electron chi connectivity index (χ2n) is 0.671. The molecular weight excluding hydrogens is 76.1 g/mol. The molecule has 0 atom stereocenters. The molecule has 0 saturated carbocycles. The maximum atomic E-state index is 6.89. The van der Waals surface area contributed by atoms with Gasteiger partial charge in [-0.15, -0.1) is 0 Å². The van der Waals surface area contributed by atoms with Crippen molar-refractivity contribution in [2.24, 2.45) is 0 Å². The van der Waals surface area contributed by atoms with Gasteiger partial charge in [-0.25, -0.2) is 0 Å². The molecule has 1 heterocycles. The first-order chi connectivity index (χ1) is 4.61. The number of nitrogens with zero attached hydrogens (tertiary/aromatic N) is 2. The van der Waals surface area contributed by atoms with Crippen molar-refractivity contribution in [2.75, 3.05) is 0 Å². The maximum Gasteiger partial charge on any atom is 0.0857 e. The van der Waals surface area contributed by atoms with Gasteiger partial charge >= 0.3 is 0 Å². The van der Waals surface area contributed by atoms with Crippen molar-refractivity contribution in [1.29, 1.82) is 0 Å². The van der Waals surface area contributed by atoms with Crippen molar-refractivity contribution in [2.45, 2.75) is 0 Å². The zero-order valence-corrected chi connectivity index (χ0v) is 2.89. The summed E-state index contributed by atoms with van der Waals surface area (Å²) < 4.78 is 27.6. The molecule has 0 unspecified atom stereocenters. The van der Waals surface area contributed by atoms with Gasteiger partial charge in [0.15, 0.2) is 0 Å². The van der Waals surface area contributed by atoms with Gasteiger partial charge in [0.25, 0.3) is 0 Å². The van der Waals surface area contributed by atoms with Gasteiger partial charge in [0, 0.05) is 24.7 Å². The molecule has 1 aromatic rings. The second-order valence-corrected chi connectivity index (χ2v) is 0.671. The monoisotopic (exact) mass is 84.1 g/mol.